The lowest BCUT2D eigenvalue weighted by Crippen LogP contribution is -2.06. The molecule has 0 amide bonds. The third-order valence-corrected chi connectivity index (χ3v) is 5.18. The van der Waals surface area contributed by atoms with Crippen LogP contribution in [-0.4, -0.2) is 31.1 Å². The molecule has 4 rings (SSSR count). The third kappa shape index (κ3) is 5.33. The third-order valence-electron chi connectivity index (χ3n) is 5.18. The molecule has 0 aliphatic rings. The Hall–Kier alpha value is -4.26. The summed E-state index contributed by atoms with van der Waals surface area (Å²) in [6.07, 6.45) is 12.1. The summed E-state index contributed by atoms with van der Waals surface area (Å²) < 4.78 is 0. The molecule has 7 nitrogen and oxygen atoms in total. The zero-order valence-electron chi connectivity index (χ0n) is 18.9. The molecule has 0 bridgehead atoms. The van der Waals surface area contributed by atoms with E-state index in [1.165, 1.54) is 0 Å². The van der Waals surface area contributed by atoms with Gasteiger partial charge in [0.05, 0.1) is 17.6 Å². The standard InChI is InChI=1S/C26H25N7/c1-17-5-7-30-26(23(17)15-31-20(4)24-16-27-9-10-29-24)33-14-21-11-18(2)25(32-13-21)22-6-8-28-19(3)12-22/h5-13,15-16H,4,14H2,1-3H3,(H,30,33)/b31-15-. The van der Waals surface area contributed by atoms with Gasteiger partial charge in [0.25, 0.3) is 0 Å². The van der Waals surface area contributed by atoms with Crippen LogP contribution >= 0.6 is 0 Å². The zero-order valence-corrected chi connectivity index (χ0v) is 18.9. The molecule has 0 spiro atoms. The van der Waals surface area contributed by atoms with E-state index in [4.69, 9.17) is 4.98 Å². The Morgan fingerprint density at radius 2 is 1.79 bits per heavy atom. The molecule has 0 saturated heterocycles. The minimum absolute atomic E-state index is 0.541. The van der Waals surface area contributed by atoms with Gasteiger partial charge in [-0.25, -0.2) is 4.98 Å². The van der Waals surface area contributed by atoms with Gasteiger partial charge < -0.3 is 5.32 Å². The number of anilines is 1. The largest absolute Gasteiger partial charge is 0.365 e. The number of hydrogen-bond donors (Lipinski definition) is 1. The van der Waals surface area contributed by atoms with Gasteiger partial charge in [-0.05, 0) is 55.7 Å². The molecule has 164 valence electrons. The Morgan fingerprint density at radius 3 is 2.55 bits per heavy atom. The highest BCUT2D eigenvalue weighted by atomic mass is 15.0. The molecule has 4 heterocycles. The molecule has 0 aromatic carbocycles. The quantitative estimate of drug-likeness (QED) is 0.413. The smallest absolute Gasteiger partial charge is 0.135 e. The highest BCUT2D eigenvalue weighted by Gasteiger charge is 2.09. The fraction of sp³-hybridized carbons (Fsp3) is 0.154. The van der Waals surface area contributed by atoms with Gasteiger partial charge in [-0.2, -0.15) is 0 Å². The Bertz CT molecular complexity index is 1310. The molecule has 0 saturated carbocycles. The first-order valence-electron chi connectivity index (χ1n) is 10.6. The van der Waals surface area contributed by atoms with Crippen LogP contribution in [0.1, 0.15) is 33.6 Å². The number of nitrogens with zero attached hydrogens (tertiary/aromatic N) is 6. The predicted octanol–water partition coefficient (Wildman–Crippen LogP) is 4.96. The molecule has 0 radical (unpaired) electrons. The average Bonchev–Trinajstić information content (AvgIpc) is 2.82. The fourth-order valence-corrected chi connectivity index (χ4v) is 3.44. The van der Waals surface area contributed by atoms with Gasteiger partial charge in [0.15, 0.2) is 0 Å². The predicted molar refractivity (Wildman–Crippen MR) is 132 cm³/mol. The second-order valence-electron chi connectivity index (χ2n) is 7.73. The van der Waals surface area contributed by atoms with Crippen LogP contribution in [0.2, 0.25) is 0 Å². The van der Waals surface area contributed by atoms with Crippen molar-refractivity contribution in [2.24, 2.45) is 4.99 Å². The summed E-state index contributed by atoms with van der Waals surface area (Å²) in [6, 6.07) is 8.13. The molecule has 1 N–H and O–H groups in total. The summed E-state index contributed by atoms with van der Waals surface area (Å²) in [5, 5.41) is 3.42. The Morgan fingerprint density at radius 1 is 0.939 bits per heavy atom. The number of aliphatic imine (C=N–C) groups is 1. The maximum absolute atomic E-state index is 4.70. The fourth-order valence-electron chi connectivity index (χ4n) is 3.44. The van der Waals surface area contributed by atoms with Gasteiger partial charge in [-0.3, -0.25) is 24.9 Å². The van der Waals surface area contributed by atoms with Gasteiger partial charge >= 0.3 is 0 Å². The van der Waals surface area contributed by atoms with Gasteiger partial charge in [-0.1, -0.05) is 12.6 Å². The van der Waals surface area contributed by atoms with E-state index >= 15 is 0 Å². The van der Waals surface area contributed by atoms with Crippen molar-refractivity contribution in [2.45, 2.75) is 27.3 Å². The first-order valence-corrected chi connectivity index (χ1v) is 10.6. The van der Waals surface area contributed by atoms with Crippen LogP contribution in [0.3, 0.4) is 0 Å². The summed E-state index contributed by atoms with van der Waals surface area (Å²) >= 11 is 0. The first-order chi connectivity index (χ1) is 16.0. The summed E-state index contributed by atoms with van der Waals surface area (Å²) in [5.74, 6) is 0.747. The van der Waals surface area contributed by atoms with Crippen molar-refractivity contribution in [1.82, 2.24) is 24.9 Å². The molecule has 4 aromatic rings. The van der Waals surface area contributed by atoms with Gasteiger partial charge in [0.1, 0.15) is 11.5 Å². The van der Waals surface area contributed by atoms with Gasteiger partial charge in [0, 0.05) is 60.6 Å². The second kappa shape index (κ2) is 9.91. The van der Waals surface area contributed by atoms with Crippen molar-refractivity contribution in [3.05, 3.63) is 102 Å². The van der Waals surface area contributed by atoms with Crippen molar-refractivity contribution in [2.75, 3.05) is 5.32 Å². The molecule has 0 unspecified atom stereocenters. The van der Waals surface area contributed by atoms with Crippen LogP contribution in [-0.2, 0) is 6.54 Å². The van der Waals surface area contributed by atoms with E-state index in [9.17, 15) is 0 Å². The lowest BCUT2D eigenvalue weighted by atomic mass is 10.1. The Kier molecular flexibility index (Phi) is 6.59. The minimum atomic E-state index is 0.541. The van der Waals surface area contributed by atoms with Crippen molar-refractivity contribution in [3.8, 4) is 11.3 Å². The van der Waals surface area contributed by atoms with E-state index in [-0.39, 0.29) is 0 Å². The molecular formula is C26H25N7. The topological polar surface area (TPSA) is 88.8 Å². The summed E-state index contributed by atoms with van der Waals surface area (Å²) in [4.78, 5) is 26.3. The lowest BCUT2D eigenvalue weighted by Gasteiger charge is -2.12. The van der Waals surface area contributed by atoms with E-state index in [1.54, 1.807) is 31.0 Å². The Balaban J connectivity index is 1.51. The van der Waals surface area contributed by atoms with Crippen molar-refractivity contribution in [3.63, 3.8) is 0 Å². The molecule has 0 fully saturated rings. The average molecular weight is 436 g/mol. The van der Waals surface area contributed by atoms with Crippen LogP contribution in [0.25, 0.3) is 17.0 Å². The molecular weight excluding hydrogens is 410 g/mol. The van der Waals surface area contributed by atoms with Crippen LogP contribution in [0, 0.1) is 20.8 Å². The molecule has 0 aliphatic heterocycles. The van der Waals surface area contributed by atoms with Crippen molar-refractivity contribution < 1.29 is 0 Å². The number of nitrogens with one attached hydrogen (secondary N) is 1. The van der Waals surface area contributed by atoms with E-state index in [2.05, 4.69) is 49.8 Å². The van der Waals surface area contributed by atoms with Crippen molar-refractivity contribution >= 4 is 17.7 Å². The van der Waals surface area contributed by atoms with Crippen LogP contribution in [0.15, 0.2) is 73.0 Å². The van der Waals surface area contributed by atoms with E-state index < -0.39 is 0 Å². The van der Waals surface area contributed by atoms with Crippen LogP contribution < -0.4 is 5.32 Å². The first kappa shape index (κ1) is 22.0. The maximum Gasteiger partial charge on any atom is 0.135 e. The minimum Gasteiger partial charge on any atom is -0.365 e. The SMILES string of the molecule is C=C(/N=C\c1c(C)ccnc1NCc1cnc(-c2ccnc(C)c2)c(C)c1)c1cnccn1. The van der Waals surface area contributed by atoms with Crippen molar-refractivity contribution in [1.29, 1.82) is 0 Å². The molecule has 4 aromatic heterocycles. The van der Waals surface area contributed by atoms with Gasteiger partial charge in [0.2, 0.25) is 0 Å². The number of rotatable bonds is 7. The number of aromatic nitrogens is 5. The zero-order chi connectivity index (χ0) is 23.2. The highest BCUT2D eigenvalue weighted by Crippen LogP contribution is 2.23. The van der Waals surface area contributed by atoms with Crippen LogP contribution in [0.5, 0.6) is 0 Å². The summed E-state index contributed by atoms with van der Waals surface area (Å²) in [5.41, 5.74) is 8.32. The van der Waals surface area contributed by atoms with Crippen LogP contribution in [0.4, 0.5) is 5.82 Å². The van der Waals surface area contributed by atoms with E-state index in [1.807, 2.05) is 44.4 Å². The normalized spacial score (nSPS) is 11.0. The number of pyridine rings is 3. The number of hydrogen-bond acceptors (Lipinski definition) is 7. The highest BCUT2D eigenvalue weighted by molar-refractivity contribution is 5.91. The Labute approximate surface area is 193 Å². The summed E-state index contributed by atoms with van der Waals surface area (Å²) in [7, 11) is 0. The monoisotopic (exact) mass is 435 g/mol. The second-order valence-corrected chi connectivity index (χ2v) is 7.73. The van der Waals surface area contributed by atoms with E-state index in [0.717, 1.165) is 45.0 Å². The van der Waals surface area contributed by atoms with Gasteiger partial charge in [-0.15, -0.1) is 0 Å². The maximum atomic E-state index is 4.70. The molecule has 7 heteroatoms. The molecule has 0 atom stereocenters. The molecule has 33 heavy (non-hydrogen) atoms. The van der Waals surface area contributed by atoms with E-state index in [0.29, 0.717) is 17.9 Å². The number of aryl methyl sites for hydroxylation is 3. The lowest BCUT2D eigenvalue weighted by molar-refractivity contribution is 1.07. The summed E-state index contributed by atoms with van der Waals surface area (Å²) in [6.45, 7) is 10.7. The molecule has 0 aliphatic carbocycles.